The monoisotopic (exact) mass is 386 g/mol. The summed E-state index contributed by atoms with van der Waals surface area (Å²) >= 11 is 12.7. The van der Waals surface area contributed by atoms with E-state index in [2.05, 4.69) is 31.9 Å². The molecule has 0 amide bonds. The Labute approximate surface area is 127 Å². The van der Waals surface area contributed by atoms with Gasteiger partial charge in [-0.1, -0.05) is 43.5 Å². The van der Waals surface area contributed by atoms with Crippen molar-refractivity contribution in [3.63, 3.8) is 0 Å². The third kappa shape index (κ3) is 2.85. The standard InChI is InChI=1S/C14H9Br2ClO/c1-8-6-13(16)11(7-12(8)15)14(18)9-2-4-10(17)5-3-9/h2-7H,1H3. The predicted octanol–water partition coefficient (Wildman–Crippen LogP) is 5.40. The molecule has 0 N–H and O–H groups in total. The number of hydrogen-bond donors (Lipinski definition) is 0. The van der Waals surface area contributed by atoms with E-state index in [-0.39, 0.29) is 5.78 Å². The van der Waals surface area contributed by atoms with E-state index >= 15 is 0 Å². The van der Waals surface area contributed by atoms with Gasteiger partial charge >= 0.3 is 0 Å². The van der Waals surface area contributed by atoms with Crippen molar-refractivity contribution < 1.29 is 4.79 Å². The molecule has 0 aliphatic heterocycles. The third-order valence-electron chi connectivity index (χ3n) is 2.60. The van der Waals surface area contributed by atoms with Gasteiger partial charge in [0.1, 0.15) is 0 Å². The molecule has 0 spiro atoms. The summed E-state index contributed by atoms with van der Waals surface area (Å²) < 4.78 is 1.71. The maximum Gasteiger partial charge on any atom is 0.194 e. The lowest BCUT2D eigenvalue weighted by Crippen LogP contribution is -2.02. The fourth-order valence-electron chi connectivity index (χ4n) is 1.58. The zero-order chi connectivity index (χ0) is 13.3. The summed E-state index contributed by atoms with van der Waals surface area (Å²) in [5, 5.41) is 0.621. The van der Waals surface area contributed by atoms with E-state index in [0.29, 0.717) is 16.1 Å². The largest absolute Gasteiger partial charge is 0.289 e. The lowest BCUT2D eigenvalue weighted by molar-refractivity contribution is 0.103. The molecule has 0 saturated heterocycles. The summed E-state index contributed by atoms with van der Waals surface area (Å²) in [4.78, 5) is 12.3. The summed E-state index contributed by atoms with van der Waals surface area (Å²) in [7, 11) is 0. The molecule has 0 atom stereocenters. The highest BCUT2D eigenvalue weighted by molar-refractivity contribution is 9.11. The second-order valence-electron chi connectivity index (χ2n) is 3.92. The summed E-state index contributed by atoms with van der Waals surface area (Å²) in [6.07, 6.45) is 0. The summed E-state index contributed by atoms with van der Waals surface area (Å²) in [5.41, 5.74) is 2.33. The van der Waals surface area contributed by atoms with E-state index in [4.69, 9.17) is 11.6 Å². The number of carbonyl (C=O) groups is 1. The van der Waals surface area contributed by atoms with Crippen LogP contribution in [-0.2, 0) is 0 Å². The first-order chi connectivity index (χ1) is 8.49. The molecule has 0 aliphatic carbocycles. The van der Waals surface area contributed by atoms with Gasteiger partial charge in [-0.05, 0) is 48.9 Å². The van der Waals surface area contributed by atoms with Crippen LogP contribution in [0.4, 0.5) is 0 Å². The molecule has 0 fully saturated rings. The van der Waals surface area contributed by atoms with E-state index in [9.17, 15) is 4.79 Å². The molecule has 2 aromatic carbocycles. The van der Waals surface area contributed by atoms with E-state index in [1.807, 2.05) is 19.1 Å². The molecule has 92 valence electrons. The van der Waals surface area contributed by atoms with Gasteiger partial charge in [-0.25, -0.2) is 0 Å². The molecule has 1 nitrogen and oxygen atoms in total. The predicted molar refractivity (Wildman–Crippen MR) is 81.5 cm³/mol. The molecule has 18 heavy (non-hydrogen) atoms. The van der Waals surface area contributed by atoms with Gasteiger partial charge < -0.3 is 0 Å². The second kappa shape index (κ2) is 5.55. The van der Waals surface area contributed by atoms with Crippen LogP contribution >= 0.6 is 43.5 Å². The minimum atomic E-state index is -0.0285. The minimum Gasteiger partial charge on any atom is -0.289 e. The van der Waals surface area contributed by atoms with Gasteiger partial charge in [0.25, 0.3) is 0 Å². The molecule has 0 heterocycles. The van der Waals surface area contributed by atoms with Gasteiger partial charge in [0.2, 0.25) is 0 Å². The highest BCUT2D eigenvalue weighted by Crippen LogP contribution is 2.27. The van der Waals surface area contributed by atoms with E-state index in [1.165, 1.54) is 0 Å². The van der Waals surface area contributed by atoms with Gasteiger partial charge in [-0.15, -0.1) is 0 Å². The fourth-order valence-corrected chi connectivity index (χ4v) is 2.68. The van der Waals surface area contributed by atoms with Crippen LogP contribution in [0.2, 0.25) is 5.02 Å². The van der Waals surface area contributed by atoms with Gasteiger partial charge in [0, 0.05) is 25.1 Å². The van der Waals surface area contributed by atoms with Crippen LogP contribution in [0.3, 0.4) is 0 Å². The maximum atomic E-state index is 12.3. The van der Waals surface area contributed by atoms with Gasteiger partial charge in [-0.2, -0.15) is 0 Å². The van der Waals surface area contributed by atoms with Crippen molar-refractivity contribution in [1.29, 1.82) is 0 Å². The average Bonchev–Trinajstić information content (AvgIpc) is 2.34. The number of benzene rings is 2. The Morgan fingerprint density at radius 3 is 2.28 bits per heavy atom. The first-order valence-electron chi connectivity index (χ1n) is 5.25. The molecule has 0 saturated carbocycles. The van der Waals surface area contributed by atoms with Crippen LogP contribution in [-0.4, -0.2) is 5.78 Å². The topological polar surface area (TPSA) is 17.1 Å². The lowest BCUT2D eigenvalue weighted by Gasteiger charge is -2.07. The van der Waals surface area contributed by atoms with E-state index in [1.54, 1.807) is 24.3 Å². The van der Waals surface area contributed by atoms with E-state index < -0.39 is 0 Å². The molecule has 0 unspecified atom stereocenters. The fraction of sp³-hybridized carbons (Fsp3) is 0.0714. The molecule has 2 rings (SSSR count). The summed E-state index contributed by atoms with van der Waals surface area (Å²) in [6, 6.07) is 10.6. The number of rotatable bonds is 2. The Hall–Kier alpha value is -0.640. The van der Waals surface area contributed by atoms with Crippen molar-refractivity contribution in [2.45, 2.75) is 6.92 Å². The Balaban J connectivity index is 2.46. The molecule has 0 aliphatic rings. The number of halogens is 3. The number of carbonyl (C=O) groups excluding carboxylic acids is 1. The van der Waals surface area contributed by atoms with Crippen molar-refractivity contribution in [1.82, 2.24) is 0 Å². The first kappa shape index (κ1) is 13.8. The first-order valence-corrected chi connectivity index (χ1v) is 7.21. The smallest absolute Gasteiger partial charge is 0.194 e. The minimum absolute atomic E-state index is 0.0285. The van der Waals surface area contributed by atoms with Crippen LogP contribution in [0, 0.1) is 6.92 Å². The van der Waals surface area contributed by atoms with Crippen molar-refractivity contribution >= 4 is 49.2 Å². The van der Waals surface area contributed by atoms with Crippen LogP contribution in [0.15, 0.2) is 45.3 Å². The Morgan fingerprint density at radius 2 is 1.67 bits per heavy atom. The van der Waals surface area contributed by atoms with Crippen LogP contribution in [0.5, 0.6) is 0 Å². The van der Waals surface area contributed by atoms with Crippen LogP contribution in [0.25, 0.3) is 0 Å². The highest BCUT2D eigenvalue weighted by Gasteiger charge is 2.14. The van der Waals surface area contributed by atoms with Crippen molar-refractivity contribution in [3.8, 4) is 0 Å². The molecule has 0 radical (unpaired) electrons. The van der Waals surface area contributed by atoms with Gasteiger partial charge in [0.05, 0.1) is 0 Å². The van der Waals surface area contributed by atoms with Gasteiger partial charge in [0.15, 0.2) is 5.78 Å². The second-order valence-corrected chi connectivity index (χ2v) is 6.06. The average molecular weight is 388 g/mol. The lowest BCUT2D eigenvalue weighted by atomic mass is 10.0. The Kier molecular flexibility index (Phi) is 4.25. The normalized spacial score (nSPS) is 10.4. The quantitative estimate of drug-likeness (QED) is 0.629. The molecular formula is C14H9Br2ClO. The van der Waals surface area contributed by atoms with Gasteiger partial charge in [-0.3, -0.25) is 4.79 Å². The zero-order valence-corrected chi connectivity index (χ0v) is 13.4. The van der Waals surface area contributed by atoms with Crippen molar-refractivity contribution in [2.24, 2.45) is 0 Å². The molecule has 2 aromatic rings. The maximum absolute atomic E-state index is 12.3. The molecule has 0 bridgehead atoms. The van der Waals surface area contributed by atoms with Crippen LogP contribution in [0.1, 0.15) is 21.5 Å². The number of ketones is 1. The number of hydrogen-bond acceptors (Lipinski definition) is 1. The van der Waals surface area contributed by atoms with Crippen LogP contribution < -0.4 is 0 Å². The summed E-state index contributed by atoms with van der Waals surface area (Å²) in [5.74, 6) is -0.0285. The Morgan fingerprint density at radius 1 is 1.06 bits per heavy atom. The number of aryl methyl sites for hydroxylation is 1. The molecule has 0 aromatic heterocycles. The van der Waals surface area contributed by atoms with Crippen molar-refractivity contribution in [2.75, 3.05) is 0 Å². The molecular weight excluding hydrogens is 379 g/mol. The molecule has 4 heteroatoms. The van der Waals surface area contributed by atoms with Crippen molar-refractivity contribution in [3.05, 3.63) is 67.1 Å². The SMILES string of the molecule is Cc1cc(Br)c(C(=O)c2ccc(Cl)cc2)cc1Br. The third-order valence-corrected chi connectivity index (χ3v) is 4.36. The highest BCUT2D eigenvalue weighted by atomic mass is 79.9. The Bertz CT molecular complexity index is 606. The van der Waals surface area contributed by atoms with E-state index in [0.717, 1.165) is 14.5 Å². The zero-order valence-electron chi connectivity index (χ0n) is 9.51. The summed E-state index contributed by atoms with van der Waals surface area (Å²) in [6.45, 7) is 1.98.